The smallest absolute Gasteiger partial charge is 0.258 e. The third kappa shape index (κ3) is 2.91. The number of para-hydroxylation sites is 1. The first-order valence-electron chi connectivity index (χ1n) is 5.14. The van der Waals surface area contributed by atoms with Crippen LogP contribution in [0.3, 0.4) is 0 Å². The van der Waals surface area contributed by atoms with Crippen molar-refractivity contribution in [2.24, 2.45) is 0 Å². The van der Waals surface area contributed by atoms with Crippen LogP contribution in [0.4, 0.5) is 0 Å². The summed E-state index contributed by atoms with van der Waals surface area (Å²) in [4.78, 5) is 22.6. The van der Waals surface area contributed by atoms with Crippen molar-refractivity contribution in [2.75, 3.05) is 13.2 Å². The lowest BCUT2D eigenvalue weighted by Crippen LogP contribution is -2.60. The zero-order valence-corrected chi connectivity index (χ0v) is 9.89. The third-order valence-corrected chi connectivity index (χ3v) is 2.72. The van der Waals surface area contributed by atoms with Gasteiger partial charge in [-0.05, 0) is 12.1 Å². The number of carbonyl (C=O) groups excluding carboxylic acids is 2. The zero-order valence-electron chi connectivity index (χ0n) is 9.00. The third-order valence-electron chi connectivity index (χ3n) is 2.36. The van der Waals surface area contributed by atoms with Crippen LogP contribution in [0, 0.1) is 0 Å². The van der Waals surface area contributed by atoms with Gasteiger partial charge >= 0.3 is 0 Å². The summed E-state index contributed by atoms with van der Waals surface area (Å²) >= 11 is 3.87. The fourth-order valence-corrected chi connectivity index (χ4v) is 1.72. The van der Waals surface area contributed by atoms with Crippen molar-refractivity contribution < 1.29 is 14.3 Å². The van der Waals surface area contributed by atoms with Gasteiger partial charge in [0.2, 0.25) is 0 Å². The Morgan fingerprint density at radius 3 is 2.76 bits per heavy atom. The lowest BCUT2D eigenvalue weighted by molar-refractivity contribution is -0.140. The quantitative estimate of drug-likeness (QED) is 0.596. The molecule has 1 atom stereocenters. The first-order valence-corrected chi connectivity index (χ1v) is 5.54. The van der Waals surface area contributed by atoms with Crippen molar-refractivity contribution in [3.63, 3.8) is 0 Å². The minimum atomic E-state index is -0.459. The minimum Gasteiger partial charge on any atom is -0.484 e. The van der Waals surface area contributed by atoms with Crippen molar-refractivity contribution in [1.29, 1.82) is 0 Å². The maximum absolute atomic E-state index is 11.4. The van der Waals surface area contributed by atoms with E-state index in [0.29, 0.717) is 12.3 Å². The normalized spacial score (nSPS) is 18.5. The minimum absolute atomic E-state index is 0.0969. The summed E-state index contributed by atoms with van der Waals surface area (Å²) in [6.07, 6.45) is 0. The Balaban J connectivity index is 1.73. The molecular formula is C11H12N2O3S. The van der Waals surface area contributed by atoms with Crippen molar-refractivity contribution in [2.45, 2.75) is 6.04 Å². The summed E-state index contributed by atoms with van der Waals surface area (Å²) in [5.41, 5.74) is 0. The number of amides is 2. The molecule has 1 aromatic carbocycles. The fraction of sp³-hybridized carbons (Fsp3) is 0.273. The predicted octanol–water partition coefficient (Wildman–Crippen LogP) is 0.237. The molecule has 1 fully saturated rings. The van der Waals surface area contributed by atoms with Crippen LogP contribution in [-0.4, -0.2) is 35.3 Å². The number of nitrogens with zero attached hydrogens (tertiary/aromatic N) is 1. The van der Waals surface area contributed by atoms with E-state index in [1.165, 1.54) is 4.31 Å². The predicted molar refractivity (Wildman–Crippen MR) is 64.6 cm³/mol. The zero-order chi connectivity index (χ0) is 12.3. The highest BCUT2D eigenvalue weighted by molar-refractivity contribution is 7.78. The second kappa shape index (κ2) is 5.09. The average molecular weight is 252 g/mol. The fourth-order valence-electron chi connectivity index (χ4n) is 1.42. The molecule has 0 bridgehead atoms. The Kier molecular flexibility index (Phi) is 3.53. The molecule has 1 heterocycles. The number of hydrogen-bond acceptors (Lipinski definition) is 4. The molecule has 0 aromatic heterocycles. The van der Waals surface area contributed by atoms with Gasteiger partial charge in [0.1, 0.15) is 11.8 Å². The van der Waals surface area contributed by atoms with Crippen LogP contribution in [0.15, 0.2) is 30.3 Å². The van der Waals surface area contributed by atoms with Crippen LogP contribution in [0.25, 0.3) is 0 Å². The maximum Gasteiger partial charge on any atom is 0.258 e. The molecule has 1 aliphatic rings. The number of carbonyl (C=O) groups is 2. The Morgan fingerprint density at radius 2 is 2.18 bits per heavy atom. The molecule has 1 aromatic rings. The van der Waals surface area contributed by atoms with Gasteiger partial charge in [0.05, 0.1) is 6.54 Å². The van der Waals surface area contributed by atoms with E-state index in [4.69, 9.17) is 4.74 Å². The van der Waals surface area contributed by atoms with Crippen LogP contribution in [0.5, 0.6) is 5.75 Å². The molecule has 90 valence electrons. The molecule has 0 radical (unpaired) electrons. The van der Waals surface area contributed by atoms with Crippen molar-refractivity contribution in [3.05, 3.63) is 30.3 Å². The number of β-lactam (4-membered cyclic amide) rings is 1. The lowest BCUT2D eigenvalue weighted by atomic mass is 10.1. The SMILES string of the molecule is O=C(COc1ccccc1)NC1CN(S)C1=O. The summed E-state index contributed by atoms with van der Waals surface area (Å²) in [6, 6.07) is 8.57. The Bertz CT molecular complexity index is 424. The van der Waals surface area contributed by atoms with Gasteiger partial charge in [0.15, 0.2) is 6.61 Å². The van der Waals surface area contributed by atoms with Crippen LogP contribution in [-0.2, 0) is 9.59 Å². The number of nitrogens with one attached hydrogen (secondary N) is 1. The van der Waals surface area contributed by atoms with E-state index < -0.39 is 6.04 Å². The van der Waals surface area contributed by atoms with Crippen molar-refractivity contribution in [3.8, 4) is 5.75 Å². The number of rotatable bonds is 4. The number of hydrogen-bond donors (Lipinski definition) is 2. The second-order valence-electron chi connectivity index (χ2n) is 3.64. The van der Waals surface area contributed by atoms with Gasteiger partial charge in [0, 0.05) is 0 Å². The van der Waals surface area contributed by atoms with E-state index in [1.54, 1.807) is 12.1 Å². The van der Waals surface area contributed by atoms with E-state index in [9.17, 15) is 9.59 Å². The van der Waals surface area contributed by atoms with E-state index in [1.807, 2.05) is 18.2 Å². The molecule has 1 saturated heterocycles. The maximum atomic E-state index is 11.4. The standard InChI is InChI=1S/C11H12N2O3S/c14-10(12-9-6-13(17)11(9)15)7-16-8-4-2-1-3-5-8/h1-5,9,17H,6-7H2,(H,12,14). The lowest BCUT2D eigenvalue weighted by Gasteiger charge is -2.33. The van der Waals surface area contributed by atoms with Gasteiger partial charge in [-0.3, -0.25) is 13.9 Å². The summed E-state index contributed by atoms with van der Waals surface area (Å²) < 4.78 is 6.50. The van der Waals surface area contributed by atoms with Crippen molar-refractivity contribution in [1.82, 2.24) is 9.62 Å². The van der Waals surface area contributed by atoms with E-state index in [0.717, 1.165) is 0 Å². The Hall–Kier alpha value is -1.69. The molecular weight excluding hydrogens is 240 g/mol. The first-order chi connectivity index (χ1) is 8.16. The van der Waals surface area contributed by atoms with Gasteiger partial charge in [-0.1, -0.05) is 31.0 Å². The largest absolute Gasteiger partial charge is 0.484 e. The van der Waals surface area contributed by atoms with Crippen LogP contribution in [0.1, 0.15) is 0 Å². The summed E-state index contributed by atoms with van der Waals surface area (Å²) in [5.74, 6) is 0.119. The first kappa shape index (κ1) is 11.8. The molecule has 2 amide bonds. The van der Waals surface area contributed by atoms with Gasteiger partial charge in [-0.15, -0.1) is 0 Å². The topological polar surface area (TPSA) is 58.6 Å². The highest BCUT2D eigenvalue weighted by atomic mass is 32.1. The molecule has 0 spiro atoms. The average Bonchev–Trinajstić information content (AvgIpc) is 2.37. The van der Waals surface area contributed by atoms with Crippen LogP contribution < -0.4 is 10.1 Å². The summed E-state index contributed by atoms with van der Waals surface area (Å²) in [6.45, 7) is 0.333. The molecule has 2 rings (SSSR count). The van der Waals surface area contributed by atoms with E-state index in [-0.39, 0.29) is 18.4 Å². The summed E-state index contributed by atoms with van der Waals surface area (Å²) in [5, 5.41) is 2.56. The molecule has 0 aliphatic carbocycles. The molecule has 0 saturated carbocycles. The van der Waals surface area contributed by atoms with Gasteiger partial charge in [0.25, 0.3) is 11.8 Å². The van der Waals surface area contributed by atoms with Gasteiger partial charge in [-0.25, -0.2) is 0 Å². The molecule has 1 N–H and O–H groups in total. The molecule has 1 aliphatic heterocycles. The Morgan fingerprint density at radius 1 is 1.47 bits per heavy atom. The van der Waals surface area contributed by atoms with E-state index in [2.05, 4.69) is 18.1 Å². The van der Waals surface area contributed by atoms with Gasteiger partial charge < -0.3 is 10.1 Å². The Labute approximate surface area is 104 Å². The summed E-state index contributed by atoms with van der Waals surface area (Å²) in [7, 11) is 0. The van der Waals surface area contributed by atoms with Crippen molar-refractivity contribution >= 4 is 24.6 Å². The molecule has 5 nitrogen and oxygen atoms in total. The van der Waals surface area contributed by atoms with Crippen LogP contribution in [0.2, 0.25) is 0 Å². The highest BCUT2D eigenvalue weighted by Crippen LogP contribution is 2.12. The number of thiol groups is 1. The molecule has 17 heavy (non-hydrogen) atoms. The van der Waals surface area contributed by atoms with Gasteiger partial charge in [-0.2, -0.15) is 0 Å². The molecule has 6 heteroatoms. The monoisotopic (exact) mass is 252 g/mol. The van der Waals surface area contributed by atoms with Crippen LogP contribution >= 0.6 is 12.8 Å². The highest BCUT2D eigenvalue weighted by Gasteiger charge is 2.35. The number of ether oxygens (including phenoxy) is 1. The molecule has 1 unspecified atom stereocenters. The van der Waals surface area contributed by atoms with E-state index >= 15 is 0 Å². The number of benzene rings is 1. The second-order valence-corrected chi connectivity index (χ2v) is 4.13.